The van der Waals surface area contributed by atoms with Gasteiger partial charge in [0.2, 0.25) is 11.8 Å². The first-order valence-electron chi connectivity index (χ1n) is 9.82. The van der Waals surface area contributed by atoms with Crippen molar-refractivity contribution in [3.63, 3.8) is 0 Å². The summed E-state index contributed by atoms with van der Waals surface area (Å²) in [4.78, 5) is 39.7. The van der Waals surface area contributed by atoms with Crippen LogP contribution in [0.15, 0.2) is 54.6 Å². The Morgan fingerprint density at radius 2 is 1.61 bits per heavy atom. The van der Waals surface area contributed by atoms with Gasteiger partial charge in [0.15, 0.2) is 0 Å². The molecule has 2 aromatic carbocycles. The molecular formula is C23H21NO4. The zero-order valence-corrected chi connectivity index (χ0v) is 15.4. The van der Waals surface area contributed by atoms with Crippen LogP contribution in [-0.4, -0.2) is 17.8 Å². The lowest BCUT2D eigenvalue weighted by molar-refractivity contribution is -0.123. The summed E-state index contributed by atoms with van der Waals surface area (Å²) in [5.41, 5.74) is 1.72. The smallest absolute Gasteiger partial charge is 0.338 e. The largest absolute Gasteiger partial charge is 0.457 e. The number of ether oxygens (including phenoxy) is 1. The molecule has 0 N–H and O–H groups in total. The molecule has 2 bridgehead atoms. The molecule has 5 rings (SSSR count). The molecule has 2 saturated carbocycles. The van der Waals surface area contributed by atoms with E-state index in [1.54, 1.807) is 24.3 Å². The highest BCUT2D eigenvalue weighted by molar-refractivity contribution is 6.22. The average molecular weight is 375 g/mol. The van der Waals surface area contributed by atoms with E-state index >= 15 is 0 Å². The zero-order chi connectivity index (χ0) is 19.3. The van der Waals surface area contributed by atoms with Crippen LogP contribution >= 0.6 is 0 Å². The van der Waals surface area contributed by atoms with Crippen LogP contribution in [0.25, 0.3) is 0 Å². The van der Waals surface area contributed by atoms with Crippen LogP contribution in [0.5, 0.6) is 0 Å². The number of nitrogens with zero attached hydrogens (tertiary/aromatic N) is 1. The summed E-state index contributed by atoms with van der Waals surface area (Å²) in [5, 5.41) is 0. The van der Waals surface area contributed by atoms with E-state index < -0.39 is 5.97 Å². The van der Waals surface area contributed by atoms with Crippen molar-refractivity contribution in [2.24, 2.45) is 23.7 Å². The highest BCUT2D eigenvalue weighted by Crippen LogP contribution is 2.56. The van der Waals surface area contributed by atoms with Crippen LogP contribution in [0, 0.1) is 23.7 Å². The summed E-state index contributed by atoms with van der Waals surface area (Å²) in [6.45, 7) is 0.180. The first kappa shape index (κ1) is 17.2. The van der Waals surface area contributed by atoms with Gasteiger partial charge >= 0.3 is 5.97 Å². The van der Waals surface area contributed by atoms with Gasteiger partial charge in [0.05, 0.1) is 23.1 Å². The summed E-state index contributed by atoms with van der Waals surface area (Å²) in [6, 6.07) is 16.1. The molecule has 1 saturated heterocycles. The van der Waals surface area contributed by atoms with Crippen molar-refractivity contribution in [3.8, 4) is 0 Å². The van der Waals surface area contributed by atoms with Gasteiger partial charge in [0.1, 0.15) is 6.61 Å². The third kappa shape index (κ3) is 2.65. The van der Waals surface area contributed by atoms with E-state index in [-0.39, 0.29) is 30.3 Å². The van der Waals surface area contributed by atoms with Gasteiger partial charge in [-0.3, -0.25) is 14.5 Å². The second-order valence-electron chi connectivity index (χ2n) is 8.01. The fourth-order valence-electron chi connectivity index (χ4n) is 5.24. The van der Waals surface area contributed by atoms with Crippen molar-refractivity contribution < 1.29 is 19.1 Å². The van der Waals surface area contributed by atoms with E-state index in [0.29, 0.717) is 23.1 Å². The molecule has 142 valence electrons. The summed E-state index contributed by atoms with van der Waals surface area (Å²) < 4.78 is 5.38. The Bertz CT molecular complexity index is 926. The number of amides is 2. The van der Waals surface area contributed by atoms with Crippen molar-refractivity contribution in [1.82, 2.24) is 0 Å². The van der Waals surface area contributed by atoms with E-state index in [1.165, 1.54) is 4.90 Å². The number of carbonyl (C=O) groups excluding carboxylic acids is 3. The molecule has 0 unspecified atom stereocenters. The second kappa shape index (κ2) is 6.59. The number of carbonyl (C=O) groups is 3. The number of hydrogen-bond acceptors (Lipinski definition) is 4. The number of imide groups is 1. The van der Waals surface area contributed by atoms with Crippen molar-refractivity contribution in [3.05, 3.63) is 65.7 Å². The molecule has 5 heteroatoms. The van der Waals surface area contributed by atoms with Gasteiger partial charge < -0.3 is 4.74 Å². The van der Waals surface area contributed by atoms with E-state index in [0.717, 1.165) is 24.8 Å². The van der Waals surface area contributed by atoms with Crippen LogP contribution < -0.4 is 4.90 Å². The Labute approximate surface area is 163 Å². The van der Waals surface area contributed by atoms with E-state index in [2.05, 4.69) is 0 Å². The van der Waals surface area contributed by atoms with Crippen molar-refractivity contribution in [2.45, 2.75) is 25.9 Å². The first-order chi connectivity index (χ1) is 13.6. The molecule has 2 amide bonds. The Kier molecular flexibility index (Phi) is 4.04. The van der Waals surface area contributed by atoms with Crippen molar-refractivity contribution in [1.29, 1.82) is 0 Å². The summed E-state index contributed by atoms with van der Waals surface area (Å²) in [7, 11) is 0. The summed E-state index contributed by atoms with van der Waals surface area (Å²) in [6.07, 6.45) is 3.10. The van der Waals surface area contributed by atoms with E-state index in [9.17, 15) is 14.4 Å². The normalized spacial score (nSPS) is 27.9. The van der Waals surface area contributed by atoms with Crippen LogP contribution in [0.4, 0.5) is 5.69 Å². The van der Waals surface area contributed by atoms with Gasteiger partial charge in [-0.05, 0) is 54.9 Å². The van der Waals surface area contributed by atoms with Gasteiger partial charge in [-0.1, -0.05) is 36.4 Å². The maximum absolute atomic E-state index is 13.0. The van der Waals surface area contributed by atoms with Crippen molar-refractivity contribution >= 4 is 23.5 Å². The lowest BCUT2D eigenvalue weighted by Crippen LogP contribution is -2.32. The second-order valence-corrected chi connectivity index (χ2v) is 8.01. The zero-order valence-electron chi connectivity index (χ0n) is 15.4. The number of anilines is 1. The topological polar surface area (TPSA) is 63.7 Å². The minimum absolute atomic E-state index is 0.1000. The van der Waals surface area contributed by atoms with Gasteiger partial charge in [0.25, 0.3) is 0 Å². The quantitative estimate of drug-likeness (QED) is 0.605. The predicted molar refractivity (Wildman–Crippen MR) is 102 cm³/mol. The molecule has 1 aliphatic heterocycles. The Hall–Kier alpha value is -2.95. The summed E-state index contributed by atoms with van der Waals surface area (Å²) in [5.74, 6) is -0.315. The lowest BCUT2D eigenvalue weighted by Gasteiger charge is -2.19. The van der Waals surface area contributed by atoms with Crippen LogP contribution in [-0.2, 0) is 20.9 Å². The lowest BCUT2D eigenvalue weighted by atomic mass is 9.81. The minimum atomic E-state index is -0.468. The van der Waals surface area contributed by atoms with Gasteiger partial charge in [-0.2, -0.15) is 0 Å². The molecule has 0 radical (unpaired) electrons. The molecule has 5 nitrogen and oxygen atoms in total. The minimum Gasteiger partial charge on any atom is -0.457 e. The van der Waals surface area contributed by atoms with Gasteiger partial charge in [0, 0.05) is 0 Å². The third-order valence-electron chi connectivity index (χ3n) is 6.48. The van der Waals surface area contributed by atoms with Gasteiger partial charge in [-0.25, -0.2) is 4.79 Å². The highest BCUT2D eigenvalue weighted by Gasteiger charge is 2.61. The molecule has 1 heterocycles. The average Bonchev–Trinajstić information content (AvgIpc) is 3.41. The Morgan fingerprint density at radius 1 is 0.929 bits per heavy atom. The van der Waals surface area contributed by atoms with Crippen LogP contribution in [0.2, 0.25) is 0 Å². The van der Waals surface area contributed by atoms with Crippen LogP contribution in [0.3, 0.4) is 0 Å². The molecule has 3 fully saturated rings. The maximum Gasteiger partial charge on any atom is 0.338 e. The number of esters is 1. The number of hydrogen-bond donors (Lipinski definition) is 0. The number of rotatable bonds is 4. The molecule has 4 atom stereocenters. The fourth-order valence-corrected chi connectivity index (χ4v) is 5.24. The molecule has 28 heavy (non-hydrogen) atoms. The maximum atomic E-state index is 13.0. The molecule has 3 aliphatic rings. The highest BCUT2D eigenvalue weighted by atomic mass is 16.5. The van der Waals surface area contributed by atoms with Gasteiger partial charge in [-0.15, -0.1) is 0 Å². The van der Waals surface area contributed by atoms with Crippen molar-refractivity contribution in [2.75, 3.05) is 4.90 Å². The Morgan fingerprint density at radius 3 is 2.29 bits per heavy atom. The third-order valence-corrected chi connectivity index (χ3v) is 6.48. The molecular weight excluding hydrogens is 354 g/mol. The monoisotopic (exact) mass is 375 g/mol. The Balaban J connectivity index is 1.35. The molecule has 2 aliphatic carbocycles. The molecule has 0 aromatic heterocycles. The van der Waals surface area contributed by atoms with Crippen LogP contribution in [0.1, 0.15) is 35.2 Å². The standard InChI is InChI=1S/C23H21NO4/c25-21-19-15-9-10-16(11-15)20(19)22(26)24(21)18-8-4-7-17(12-18)23(27)28-13-14-5-2-1-3-6-14/h1-8,12,15-16,19-20H,9-11,13H2/t15-,16+,19-,20+. The predicted octanol–water partition coefficient (Wildman–Crippen LogP) is 3.58. The van der Waals surface area contributed by atoms with E-state index in [4.69, 9.17) is 4.74 Å². The molecule has 0 spiro atoms. The fraction of sp³-hybridized carbons (Fsp3) is 0.348. The first-order valence-corrected chi connectivity index (χ1v) is 9.82. The molecule has 2 aromatic rings. The number of fused-ring (bicyclic) bond motifs is 5. The number of benzene rings is 2. The SMILES string of the molecule is O=C(OCc1ccccc1)c1cccc(N2C(=O)[C@@H]3[C@@H]4CC[C@@H](C4)[C@@H]3C2=O)c1. The van der Waals surface area contributed by atoms with E-state index in [1.807, 2.05) is 30.3 Å². The summed E-state index contributed by atoms with van der Waals surface area (Å²) >= 11 is 0.